The van der Waals surface area contributed by atoms with Crippen molar-refractivity contribution in [1.29, 1.82) is 0 Å². The van der Waals surface area contributed by atoms with Crippen LogP contribution in [0.5, 0.6) is 0 Å². The first-order valence-electron chi connectivity index (χ1n) is 8.48. The summed E-state index contributed by atoms with van der Waals surface area (Å²) < 4.78 is 0. The van der Waals surface area contributed by atoms with Crippen molar-refractivity contribution in [2.45, 2.75) is 12.8 Å². The fraction of sp³-hybridized carbons (Fsp3) is 0.368. The Morgan fingerprint density at radius 2 is 2.12 bits per heavy atom. The standard InChI is InChI=1S/C19H24N4O/c1-23(17-7-3-2-4-8-17)18-10-9-16(14-21-18)19(24)22-13-15-6-5-11-20-12-15/h2-4,7-10,14-15,20H,5-6,11-13H2,1H3,(H,22,24). The molecule has 1 saturated heterocycles. The van der Waals surface area contributed by atoms with Gasteiger partial charge < -0.3 is 15.5 Å². The number of anilines is 2. The zero-order valence-corrected chi connectivity index (χ0v) is 14.0. The first kappa shape index (κ1) is 16.5. The summed E-state index contributed by atoms with van der Waals surface area (Å²) in [5.74, 6) is 1.29. The first-order valence-corrected chi connectivity index (χ1v) is 8.48. The van der Waals surface area contributed by atoms with E-state index in [0.29, 0.717) is 11.5 Å². The Morgan fingerprint density at radius 1 is 1.29 bits per heavy atom. The van der Waals surface area contributed by atoms with Crippen LogP contribution < -0.4 is 15.5 Å². The predicted molar refractivity (Wildman–Crippen MR) is 96.7 cm³/mol. The molecular formula is C19H24N4O. The number of amides is 1. The number of hydrogen-bond donors (Lipinski definition) is 2. The molecule has 0 bridgehead atoms. The summed E-state index contributed by atoms with van der Waals surface area (Å²) in [5, 5.41) is 6.38. The van der Waals surface area contributed by atoms with Crippen molar-refractivity contribution in [3.05, 3.63) is 54.2 Å². The van der Waals surface area contributed by atoms with Crippen LogP contribution >= 0.6 is 0 Å². The van der Waals surface area contributed by atoms with Crippen molar-refractivity contribution < 1.29 is 4.79 Å². The number of benzene rings is 1. The maximum atomic E-state index is 12.3. The lowest BCUT2D eigenvalue weighted by molar-refractivity contribution is 0.0944. The van der Waals surface area contributed by atoms with Gasteiger partial charge in [0.2, 0.25) is 0 Å². The number of hydrogen-bond acceptors (Lipinski definition) is 4. The number of nitrogens with one attached hydrogen (secondary N) is 2. The van der Waals surface area contributed by atoms with E-state index in [9.17, 15) is 4.79 Å². The van der Waals surface area contributed by atoms with Crippen molar-refractivity contribution in [3.8, 4) is 0 Å². The van der Waals surface area contributed by atoms with E-state index in [2.05, 4.69) is 15.6 Å². The summed E-state index contributed by atoms with van der Waals surface area (Å²) in [6.07, 6.45) is 4.00. The van der Waals surface area contributed by atoms with Crippen LogP contribution in [0.3, 0.4) is 0 Å². The van der Waals surface area contributed by atoms with Crippen LogP contribution in [-0.2, 0) is 0 Å². The smallest absolute Gasteiger partial charge is 0.252 e. The van der Waals surface area contributed by atoms with Crippen molar-refractivity contribution in [2.75, 3.05) is 31.6 Å². The van der Waals surface area contributed by atoms with E-state index in [1.807, 2.05) is 54.4 Å². The summed E-state index contributed by atoms with van der Waals surface area (Å²) in [6.45, 7) is 2.79. The van der Waals surface area contributed by atoms with E-state index in [0.717, 1.165) is 31.1 Å². The van der Waals surface area contributed by atoms with Gasteiger partial charge in [-0.3, -0.25) is 4.79 Å². The molecule has 0 aliphatic carbocycles. The van der Waals surface area contributed by atoms with E-state index in [4.69, 9.17) is 0 Å². The molecule has 3 rings (SSSR count). The Kier molecular flexibility index (Phi) is 5.43. The van der Waals surface area contributed by atoms with Crippen molar-refractivity contribution in [3.63, 3.8) is 0 Å². The molecule has 2 N–H and O–H groups in total. The number of rotatable bonds is 5. The molecule has 1 aliphatic heterocycles. The molecular weight excluding hydrogens is 300 g/mol. The fourth-order valence-corrected chi connectivity index (χ4v) is 2.94. The lowest BCUT2D eigenvalue weighted by Crippen LogP contribution is -2.38. The van der Waals surface area contributed by atoms with Gasteiger partial charge in [0, 0.05) is 25.5 Å². The fourth-order valence-electron chi connectivity index (χ4n) is 2.94. The Morgan fingerprint density at radius 3 is 2.79 bits per heavy atom. The van der Waals surface area contributed by atoms with Gasteiger partial charge >= 0.3 is 0 Å². The first-order chi connectivity index (χ1) is 11.7. The third-order valence-corrected chi connectivity index (χ3v) is 4.45. The number of carbonyl (C=O) groups is 1. The van der Waals surface area contributed by atoms with Gasteiger partial charge in [-0.05, 0) is 56.1 Å². The predicted octanol–water partition coefficient (Wildman–Crippen LogP) is 2.58. The number of pyridine rings is 1. The molecule has 0 saturated carbocycles. The molecule has 1 fully saturated rings. The van der Waals surface area contributed by atoms with E-state index in [1.165, 1.54) is 12.8 Å². The second-order valence-electron chi connectivity index (χ2n) is 6.22. The highest BCUT2D eigenvalue weighted by Crippen LogP contribution is 2.20. The molecule has 0 radical (unpaired) electrons. The largest absolute Gasteiger partial charge is 0.352 e. The summed E-state index contributed by atoms with van der Waals surface area (Å²) in [6, 6.07) is 13.7. The quantitative estimate of drug-likeness (QED) is 0.887. The van der Waals surface area contributed by atoms with E-state index >= 15 is 0 Å². The highest BCUT2D eigenvalue weighted by molar-refractivity contribution is 5.94. The molecule has 2 aromatic rings. The number of nitrogens with zero attached hydrogens (tertiary/aromatic N) is 2. The van der Waals surface area contributed by atoms with Crippen molar-refractivity contribution in [1.82, 2.24) is 15.6 Å². The van der Waals surface area contributed by atoms with Gasteiger partial charge in [-0.1, -0.05) is 18.2 Å². The average Bonchev–Trinajstić information content (AvgIpc) is 2.67. The van der Waals surface area contributed by atoms with Gasteiger partial charge in [0.15, 0.2) is 0 Å². The molecule has 1 unspecified atom stereocenters. The molecule has 126 valence electrons. The Balaban J connectivity index is 1.58. The molecule has 1 aliphatic rings. The SMILES string of the molecule is CN(c1ccccc1)c1ccc(C(=O)NCC2CCCNC2)cn1. The molecule has 2 heterocycles. The van der Waals surface area contributed by atoms with Crippen LogP contribution in [0.1, 0.15) is 23.2 Å². The molecule has 1 aromatic carbocycles. The second-order valence-corrected chi connectivity index (χ2v) is 6.22. The number of piperidine rings is 1. The van der Waals surface area contributed by atoms with Gasteiger partial charge in [0.25, 0.3) is 5.91 Å². The van der Waals surface area contributed by atoms with Crippen LogP contribution in [0, 0.1) is 5.92 Å². The minimum absolute atomic E-state index is 0.0537. The van der Waals surface area contributed by atoms with Crippen LogP contribution in [0.4, 0.5) is 11.5 Å². The molecule has 5 heteroatoms. The molecule has 1 amide bonds. The van der Waals surface area contributed by atoms with E-state index in [-0.39, 0.29) is 5.91 Å². The molecule has 1 aromatic heterocycles. The highest BCUT2D eigenvalue weighted by atomic mass is 16.1. The topological polar surface area (TPSA) is 57.3 Å². The van der Waals surface area contributed by atoms with Crippen LogP contribution in [0.2, 0.25) is 0 Å². The van der Waals surface area contributed by atoms with Crippen molar-refractivity contribution >= 4 is 17.4 Å². The number of aromatic nitrogens is 1. The normalized spacial score (nSPS) is 17.3. The monoisotopic (exact) mass is 324 g/mol. The minimum Gasteiger partial charge on any atom is -0.352 e. The van der Waals surface area contributed by atoms with Crippen molar-refractivity contribution in [2.24, 2.45) is 5.92 Å². The lowest BCUT2D eigenvalue weighted by Gasteiger charge is -2.23. The van der Waals surface area contributed by atoms with E-state index in [1.54, 1.807) is 6.20 Å². The van der Waals surface area contributed by atoms with E-state index < -0.39 is 0 Å². The summed E-state index contributed by atoms with van der Waals surface area (Å²) >= 11 is 0. The Labute approximate surface area is 143 Å². The molecule has 24 heavy (non-hydrogen) atoms. The van der Waals surface area contributed by atoms with Gasteiger partial charge in [0.05, 0.1) is 5.56 Å². The zero-order valence-electron chi connectivity index (χ0n) is 14.0. The Hall–Kier alpha value is -2.40. The molecule has 0 spiro atoms. The van der Waals surface area contributed by atoms with Gasteiger partial charge in [-0.25, -0.2) is 4.98 Å². The maximum Gasteiger partial charge on any atom is 0.252 e. The van der Waals surface area contributed by atoms with Gasteiger partial charge in [-0.15, -0.1) is 0 Å². The third-order valence-electron chi connectivity index (χ3n) is 4.45. The summed E-state index contributed by atoms with van der Waals surface area (Å²) in [4.78, 5) is 18.7. The van der Waals surface area contributed by atoms with Gasteiger partial charge in [-0.2, -0.15) is 0 Å². The maximum absolute atomic E-state index is 12.3. The summed E-state index contributed by atoms with van der Waals surface area (Å²) in [5.41, 5.74) is 1.66. The number of para-hydroxylation sites is 1. The average molecular weight is 324 g/mol. The molecule has 1 atom stereocenters. The summed E-state index contributed by atoms with van der Waals surface area (Å²) in [7, 11) is 1.97. The minimum atomic E-state index is -0.0537. The molecule has 5 nitrogen and oxygen atoms in total. The second kappa shape index (κ2) is 7.93. The lowest BCUT2D eigenvalue weighted by atomic mass is 10.00. The highest BCUT2D eigenvalue weighted by Gasteiger charge is 2.15. The van der Waals surface area contributed by atoms with Crippen LogP contribution in [0.25, 0.3) is 0 Å². The van der Waals surface area contributed by atoms with Crippen LogP contribution in [0.15, 0.2) is 48.7 Å². The zero-order chi connectivity index (χ0) is 16.8. The Bertz CT molecular complexity index is 651. The van der Waals surface area contributed by atoms with Crippen LogP contribution in [-0.4, -0.2) is 37.6 Å². The third kappa shape index (κ3) is 4.11. The number of carbonyl (C=O) groups excluding carboxylic acids is 1. The van der Waals surface area contributed by atoms with Gasteiger partial charge in [0.1, 0.15) is 5.82 Å².